The average molecular weight is 345 g/mol. The minimum absolute atomic E-state index is 0.143. The molecule has 0 unspecified atom stereocenters. The van der Waals surface area contributed by atoms with Crippen LogP contribution in [0.3, 0.4) is 0 Å². The van der Waals surface area contributed by atoms with Crippen LogP contribution < -0.4 is 5.32 Å². The fourth-order valence-corrected chi connectivity index (χ4v) is 2.60. The zero-order chi connectivity index (χ0) is 18.0. The Bertz CT molecular complexity index is 886. The molecule has 3 heterocycles. The zero-order valence-electron chi connectivity index (χ0n) is 13.9. The number of anilines is 2. The topological polar surface area (TPSA) is 114 Å². The number of likely N-dealkylation sites (N-methyl/N-ethyl adjacent to an activating group) is 1. The molecule has 0 radical (unpaired) electrons. The largest absolute Gasteiger partial charge is 0.390 e. The number of nitrogens with zero attached hydrogens (tertiary/aromatic N) is 6. The summed E-state index contributed by atoms with van der Waals surface area (Å²) >= 11 is 0. The molecular formula is C15H19N7O3. The first kappa shape index (κ1) is 16.9. The summed E-state index contributed by atoms with van der Waals surface area (Å²) in [4.78, 5) is 17.0. The van der Waals surface area contributed by atoms with Crippen molar-refractivity contribution in [2.45, 2.75) is 12.6 Å². The highest BCUT2D eigenvalue weighted by atomic mass is 16.6. The Balaban J connectivity index is 1.80. The van der Waals surface area contributed by atoms with Crippen LogP contribution in [0.2, 0.25) is 0 Å². The van der Waals surface area contributed by atoms with Crippen molar-refractivity contribution in [3.8, 4) is 0 Å². The van der Waals surface area contributed by atoms with E-state index in [0.29, 0.717) is 24.4 Å². The van der Waals surface area contributed by atoms with Gasteiger partial charge in [0, 0.05) is 18.8 Å². The van der Waals surface area contributed by atoms with E-state index in [9.17, 15) is 15.2 Å². The van der Waals surface area contributed by atoms with Crippen LogP contribution >= 0.6 is 0 Å². The molecule has 0 saturated heterocycles. The number of nitrogens with one attached hydrogen (secondary N) is 1. The second kappa shape index (κ2) is 6.87. The van der Waals surface area contributed by atoms with Crippen molar-refractivity contribution < 1.29 is 10.0 Å². The molecule has 0 saturated carbocycles. The standard InChI is InChI=1S/C15H19N7O3/c1-19(2)9-12(23)10-20-8-11(7-16-20)17-14-15(22(24)25)21-6-4-3-5-13(21)18-14/h3-8,12,17,23H,9-10H2,1-2H3/t12-/m0/s1. The number of fused-ring (bicyclic) bond motifs is 1. The van der Waals surface area contributed by atoms with Crippen LogP contribution in [0.4, 0.5) is 17.3 Å². The van der Waals surface area contributed by atoms with Crippen molar-refractivity contribution in [3.63, 3.8) is 0 Å². The summed E-state index contributed by atoms with van der Waals surface area (Å²) in [6.07, 6.45) is 4.24. The molecule has 0 amide bonds. The number of hydrogen-bond acceptors (Lipinski definition) is 7. The predicted molar refractivity (Wildman–Crippen MR) is 91.9 cm³/mol. The van der Waals surface area contributed by atoms with E-state index in [2.05, 4.69) is 15.4 Å². The van der Waals surface area contributed by atoms with Crippen LogP contribution in [0.25, 0.3) is 5.65 Å². The third kappa shape index (κ3) is 3.75. The molecule has 0 aromatic carbocycles. The average Bonchev–Trinajstić information content (AvgIpc) is 3.10. The molecule has 10 heteroatoms. The summed E-state index contributed by atoms with van der Waals surface area (Å²) < 4.78 is 2.99. The van der Waals surface area contributed by atoms with E-state index in [1.165, 1.54) is 10.6 Å². The van der Waals surface area contributed by atoms with Gasteiger partial charge >= 0.3 is 5.82 Å². The lowest BCUT2D eigenvalue weighted by Crippen LogP contribution is -2.29. The number of hydrogen-bond donors (Lipinski definition) is 2. The van der Waals surface area contributed by atoms with Gasteiger partial charge in [0.05, 0.1) is 30.7 Å². The number of rotatable bonds is 7. The molecule has 10 nitrogen and oxygen atoms in total. The van der Waals surface area contributed by atoms with E-state index in [-0.39, 0.29) is 11.6 Å². The molecule has 2 N–H and O–H groups in total. The minimum atomic E-state index is -0.563. The quantitative estimate of drug-likeness (QED) is 0.487. The number of nitro groups is 1. The minimum Gasteiger partial charge on any atom is -0.390 e. The molecular weight excluding hydrogens is 326 g/mol. The lowest BCUT2D eigenvalue weighted by Gasteiger charge is -2.15. The lowest BCUT2D eigenvalue weighted by molar-refractivity contribution is -0.389. The number of imidazole rings is 1. The summed E-state index contributed by atoms with van der Waals surface area (Å²) in [6, 6.07) is 5.16. The molecule has 0 fully saturated rings. The molecule has 0 aliphatic carbocycles. The molecule has 3 rings (SSSR count). The van der Waals surface area contributed by atoms with Gasteiger partial charge in [-0.2, -0.15) is 14.5 Å². The Morgan fingerprint density at radius 1 is 1.44 bits per heavy atom. The molecule has 3 aromatic rings. The van der Waals surface area contributed by atoms with Crippen LogP contribution in [-0.2, 0) is 6.54 Å². The van der Waals surface area contributed by atoms with Gasteiger partial charge in [-0.1, -0.05) is 6.07 Å². The Labute approximate surface area is 143 Å². The van der Waals surface area contributed by atoms with Gasteiger partial charge in [-0.15, -0.1) is 0 Å². The van der Waals surface area contributed by atoms with Gasteiger partial charge in [0.15, 0.2) is 0 Å². The number of aliphatic hydroxyl groups excluding tert-OH is 1. The third-order valence-corrected chi connectivity index (χ3v) is 3.55. The Hall–Kier alpha value is -2.98. The summed E-state index contributed by atoms with van der Waals surface area (Å²) in [7, 11) is 3.75. The fraction of sp³-hybridized carbons (Fsp3) is 0.333. The van der Waals surface area contributed by atoms with Gasteiger partial charge in [0.25, 0.3) is 0 Å². The Morgan fingerprint density at radius 2 is 2.24 bits per heavy atom. The SMILES string of the molecule is CN(C)C[C@H](O)Cn1cc(Nc2nc3ccccn3c2[N+](=O)[O-])cn1. The summed E-state index contributed by atoms with van der Waals surface area (Å²) in [5, 5.41) is 28.4. The second-order valence-electron chi connectivity index (χ2n) is 5.96. The normalized spacial score (nSPS) is 12.6. The fourth-order valence-electron chi connectivity index (χ4n) is 2.60. The summed E-state index contributed by atoms with van der Waals surface area (Å²) in [6.45, 7) is 0.841. The van der Waals surface area contributed by atoms with Crippen molar-refractivity contribution in [3.05, 3.63) is 46.9 Å². The lowest BCUT2D eigenvalue weighted by atomic mass is 10.3. The van der Waals surface area contributed by atoms with Crippen LogP contribution in [-0.4, -0.2) is 60.8 Å². The summed E-state index contributed by atoms with van der Waals surface area (Å²) in [5.41, 5.74) is 1.04. The van der Waals surface area contributed by atoms with E-state index >= 15 is 0 Å². The van der Waals surface area contributed by atoms with Crippen molar-refractivity contribution in [1.29, 1.82) is 0 Å². The van der Waals surface area contributed by atoms with Gasteiger partial charge in [-0.3, -0.25) is 4.68 Å². The van der Waals surface area contributed by atoms with Gasteiger partial charge in [0.2, 0.25) is 11.5 Å². The second-order valence-corrected chi connectivity index (χ2v) is 5.96. The Morgan fingerprint density at radius 3 is 2.96 bits per heavy atom. The van der Waals surface area contributed by atoms with Crippen molar-refractivity contribution in [2.75, 3.05) is 26.0 Å². The maximum absolute atomic E-state index is 11.4. The highest BCUT2D eigenvalue weighted by Crippen LogP contribution is 2.27. The van der Waals surface area contributed by atoms with Gasteiger partial charge in [-0.05, 0) is 25.1 Å². The highest BCUT2D eigenvalue weighted by Gasteiger charge is 2.22. The molecule has 132 valence electrons. The first-order valence-corrected chi connectivity index (χ1v) is 7.68. The van der Waals surface area contributed by atoms with E-state index < -0.39 is 11.0 Å². The highest BCUT2D eigenvalue weighted by molar-refractivity contribution is 5.68. The van der Waals surface area contributed by atoms with E-state index in [1.807, 2.05) is 19.0 Å². The monoisotopic (exact) mass is 345 g/mol. The summed E-state index contributed by atoms with van der Waals surface area (Å²) in [5.74, 6) is 0.000539. The van der Waals surface area contributed by atoms with Gasteiger partial charge in [0.1, 0.15) is 0 Å². The molecule has 0 aliphatic rings. The Kier molecular flexibility index (Phi) is 4.63. The van der Waals surface area contributed by atoms with Crippen LogP contribution in [0.1, 0.15) is 0 Å². The van der Waals surface area contributed by atoms with E-state index in [0.717, 1.165) is 0 Å². The van der Waals surface area contributed by atoms with Crippen LogP contribution in [0.5, 0.6) is 0 Å². The molecule has 3 aromatic heterocycles. The molecule has 0 aliphatic heterocycles. The molecule has 25 heavy (non-hydrogen) atoms. The zero-order valence-corrected chi connectivity index (χ0v) is 13.9. The number of pyridine rings is 1. The van der Waals surface area contributed by atoms with Crippen molar-refractivity contribution in [2.24, 2.45) is 0 Å². The first-order valence-electron chi connectivity index (χ1n) is 7.68. The third-order valence-electron chi connectivity index (χ3n) is 3.55. The van der Waals surface area contributed by atoms with E-state index in [4.69, 9.17) is 0 Å². The predicted octanol–water partition coefficient (Wildman–Crippen LogP) is 1.11. The van der Waals surface area contributed by atoms with Crippen LogP contribution in [0.15, 0.2) is 36.8 Å². The first-order chi connectivity index (χ1) is 11.9. The molecule has 0 spiro atoms. The van der Waals surface area contributed by atoms with Gasteiger partial charge in [-0.25, -0.2) is 0 Å². The van der Waals surface area contributed by atoms with Gasteiger partial charge < -0.3 is 25.4 Å². The molecule has 1 atom stereocenters. The maximum Gasteiger partial charge on any atom is 0.372 e. The number of aromatic nitrogens is 4. The van der Waals surface area contributed by atoms with E-state index in [1.54, 1.807) is 35.3 Å². The maximum atomic E-state index is 11.4. The van der Waals surface area contributed by atoms with Crippen molar-refractivity contribution in [1.82, 2.24) is 24.1 Å². The van der Waals surface area contributed by atoms with Crippen molar-refractivity contribution >= 4 is 23.0 Å². The smallest absolute Gasteiger partial charge is 0.372 e. The molecule has 0 bridgehead atoms. The van der Waals surface area contributed by atoms with Crippen LogP contribution in [0, 0.1) is 10.1 Å². The number of aliphatic hydroxyl groups is 1.